The highest BCUT2D eigenvalue weighted by molar-refractivity contribution is 6.22. The second-order valence-electron chi connectivity index (χ2n) is 14.8. The number of benzene rings is 6. The van der Waals surface area contributed by atoms with Gasteiger partial charge in [-0.25, -0.2) is 9.98 Å². The zero-order valence-electron chi connectivity index (χ0n) is 30.7. The van der Waals surface area contributed by atoms with Crippen molar-refractivity contribution in [3.05, 3.63) is 215 Å². The molecule has 1 aromatic heterocycles. The number of fused-ring (bicyclic) bond motifs is 6. The molecule has 2 aliphatic heterocycles. The molecule has 5 heteroatoms. The van der Waals surface area contributed by atoms with Gasteiger partial charge < -0.3 is 14.6 Å². The van der Waals surface area contributed by atoms with Crippen LogP contribution in [0.25, 0.3) is 33.1 Å². The summed E-state index contributed by atoms with van der Waals surface area (Å²) in [7, 11) is 0. The summed E-state index contributed by atoms with van der Waals surface area (Å²) in [5.41, 5.74) is 13.3. The molecule has 11 rings (SSSR count). The zero-order chi connectivity index (χ0) is 37.0. The van der Waals surface area contributed by atoms with Crippen molar-refractivity contribution in [1.82, 2.24) is 5.32 Å². The van der Waals surface area contributed by atoms with Gasteiger partial charge in [-0.15, -0.1) is 0 Å². The van der Waals surface area contributed by atoms with Crippen molar-refractivity contribution in [2.24, 2.45) is 9.98 Å². The Hall–Kier alpha value is -6.98. The van der Waals surface area contributed by atoms with E-state index in [1.807, 2.05) is 24.3 Å². The maximum Gasteiger partial charge on any atom is 0.159 e. The molecule has 56 heavy (non-hydrogen) atoms. The van der Waals surface area contributed by atoms with Crippen molar-refractivity contribution in [2.75, 3.05) is 4.90 Å². The van der Waals surface area contributed by atoms with Crippen LogP contribution in [-0.2, 0) is 0 Å². The summed E-state index contributed by atoms with van der Waals surface area (Å²) in [5, 5.41) is 5.81. The Kier molecular flexibility index (Phi) is 7.76. The van der Waals surface area contributed by atoms with Crippen LogP contribution in [-0.4, -0.2) is 17.7 Å². The minimum absolute atomic E-state index is 0.176. The molecule has 5 nitrogen and oxygen atoms in total. The molecule has 0 saturated heterocycles. The van der Waals surface area contributed by atoms with E-state index < -0.39 is 0 Å². The van der Waals surface area contributed by atoms with Crippen LogP contribution in [0.1, 0.15) is 47.2 Å². The van der Waals surface area contributed by atoms with Gasteiger partial charge in [-0.05, 0) is 76.6 Å². The largest absolute Gasteiger partial charge is 0.456 e. The van der Waals surface area contributed by atoms with Crippen molar-refractivity contribution >= 4 is 45.0 Å². The van der Waals surface area contributed by atoms with E-state index in [2.05, 4.69) is 168 Å². The topological polar surface area (TPSA) is 53.1 Å². The molecule has 0 fully saturated rings. The Labute approximate surface area is 326 Å². The highest BCUT2D eigenvalue weighted by Gasteiger charge is 2.38. The van der Waals surface area contributed by atoms with E-state index >= 15 is 0 Å². The van der Waals surface area contributed by atoms with E-state index in [0.717, 1.165) is 68.6 Å². The summed E-state index contributed by atoms with van der Waals surface area (Å²) in [6.45, 7) is 0. The number of allylic oxidation sites excluding steroid dienone is 6. The van der Waals surface area contributed by atoms with Crippen LogP contribution in [0.5, 0.6) is 0 Å². The highest BCUT2D eigenvalue weighted by Crippen LogP contribution is 2.49. The Morgan fingerprint density at radius 2 is 1.46 bits per heavy atom. The summed E-state index contributed by atoms with van der Waals surface area (Å²) in [4.78, 5) is 12.8. The van der Waals surface area contributed by atoms with Crippen LogP contribution >= 0.6 is 0 Å². The van der Waals surface area contributed by atoms with Gasteiger partial charge in [-0.3, -0.25) is 0 Å². The SMILES string of the molecule is C1=CC(C2=CC3c4ccccc4N(c4ccc5c(c4)oc4cccc(C6=NC(c7ccccc7)=NC(c7cccc(-c8ccccc8)c7)N6)c45)C3C=C2)=CCC1. The number of nitrogens with zero attached hydrogens (tertiary/aromatic N) is 3. The Bertz CT molecular complexity index is 2860. The molecular weight excluding hydrogens is 685 g/mol. The van der Waals surface area contributed by atoms with Crippen molar-refractivity contribution in [1.29, 1.82) is 0 Å². The molecule has 3 atom stereocenters. The van der Waals surface area contributed by atoms with Crippen molar-refractivity contribution in [3.63, 3.8) is 0 Å². The maximum absolute atomic E-state index is 6.71. The second kappa shape index (κ2) is 13.4. The highest BCUT2D eigenvalue weighted by atomic mass is 16.3. The van der Waals surface area contributed by atoms with Gasteiger partial charge in [0.15, 0.2) is 5.84 Å². The first-order valence-electron chi connectivity index (χ1n) is 19.5. The van der Waals surface area contributed by atoms with Crippen molar-refractivity contribution < 1.29 is 4.42 Å². The van der Waals surface area contributed by atoms with Gasteiger partial charge in [-0.1, -0.05) is 146 Å². The van der Waals surface area contributed by atoms with E-state index in [9.17, 15) is 0 Å². The number of rotatable bonds is 6. The number of aliphatic imine (C=N–C) groups is 2. The molecular formula is C51H38N4O. The Balaban J connectivity index is 0.986. The van der Waals surface area contributed by atoms with Crippen LogP contribution in [0.15, 0.2) is 208 Å². The fraction of sp³-hybridized carbons (Fsp3) is 0.0980. The van der Waals surface area contributed by atoms with E-state index in [1.165, 1.54) is 28.0 Å². The first-order chi connectivity index (χ1) is 27.7. The third-order valence-electron chi connectivity index (χ3n) is 11.5. The predicted octanol–water partition coefficient (Wildman–Crippen LogP) is 12.1. The minimum atomic E-state index is -0.340. The molecule has 2 aliphatic carbocycles. The first kappa shape index (κ1) is 32.5. The lowest BCUT2D eigenvalue weighted by Gasteiger charge is -2.30. The molecule has 3 heterocycles. The Morgan fingerprint density at radius 1 is 0.661 bits per heavy atom. The monoisotopic (exact) mass is 722 g/mol. The number of hydrogen-bond donors (Lipinski definition) is 1. The number of furan rings is 1. The standard InChI is InChI=1S/C51H38N4O/c1-4-14-33(15-5-1)36-20-12-21-38(30-36)50-52-49(35-18-8-3-9-19-35)53-51(54-50)42-23-13-25-46-48(42)41-28-27-39(32-47(41)56-46)55-44-24-11-10-22-40(44)43-31-37(26-29-45(43)55)34-16-6-2-7-17-34/h1,3-6,8-32,43,45,50H,2,7H2,(H,52,53,54). The lowest BCUT2D eigenvalue weighted by molar-refractivity contribution is 0.667. The fourth-order valence-corrected chi connectivity index (χ4v) is 8.82. The number of anilines is 2. The summed E-state index contributed by atoms with van der Waals surface area (Å²) in [5.74, 6) is 1.72. The quantitative estimate of drug-likeness (QED) is 0.186. The van der Waals surface area contributed by atoms with Crippen LogP contribution in [0, 0.1) is 0 Å². The lowest BCUT2D eigenvalue weighted by atomic mass is 9.85. The van der Waals surface area contributed by atoms with Gasteiger partial charge in [0.05, 0.1) is 6.04 Å². The molecule has 6 aromatic carbocycles. The number of para-hydroxylation sites is 1. The molecule has 7 aromatic rings. The van der Waals surface area contributed by atoms with Crippen LogP contribution in [0.2, 0.25) is 0 Å². The third-order valence-corrected chi connectivity index (χ3v) is 11.5. The van der Waals surface area contributed by atoms with E-state index in [1.54, 1.807) is 0 Å². The summed E-state index contributed by atoms with van der Waals surface area (Å²) < 4.78 is 6.71. The van der Waals surface area contributed by atoms with Crippen molar-refractivity contribution in [3.8, 4) is 11.1 Å². The first-order valence-corrected chi connectivity index (χ1v) is 19.5. The second-order valence-corrected chi connectivity index (χ2v) is 14.8. The van der Waals surface area contributed by atoms with Gasteiger partial charge in [-0.2, -0.15) is 0 Å². The van der Waals surface area contributed by atoms with E-state index in [4.69, 9.17) is 14.4 Å². The molecule has 4 aliphatic rings. The summed E-state index contributed by atoms with van der Waals surface area (Å²) in [6, 6.07) is 51.3. The normalized spacial score (nSPS) is 19.9. The molecule has 0 amide bonds. The summed E-state index contributed by atoms with van der Waals surface area (Å²) in [6.07, 6.45) is 16.0. The number of hydrogen-bond acceptors (Lipinski definition) is 5. The van der Waals surface area contributed by atoms with Gasteiger partial charge in [0.2, 0.25) is 0 Å². The predicted molar refractivity (Wildman–Crippen MR) is 230 cm³/mol. The molecule has 0 radical (unpaired) electrons. The average Bonchev–Trinajstić information content (AvgIpc) is 3.82. The van der Waals surface area contributed by atoms with Crippen LogP contribution in [0.4, 0.5) is 11.4 Å². The zero-order valence-corrected chi connectivity index (χ0v) is 30.7. The maximum atomic E-state index is 6.71. The number of nitrogens with one attached hydrogen (secondary N) is 1. The van der Waals surface area contributed by atoms with Gasteiger partial charge in [0.25, 0.3) is 0 Å². The minimum Gasteiger partial charge on any atom is -0.456 e. The molecule has 3 unspecified atom stereocenters. The smallest absolute Gasteiger partial charge is 0.159 e. The molecule has 0 saturated carbocycles. The molecule has 0 spiro atoms. The molecule has 0 bridgehead atoms. The Morgan fingerprint density at radius 3 is 2.32 bits per heavy atom. The van der Waals surface area contributed by atoms with E-state index in [0.29, 0.717) is 5.84 Å². The van der Waals surface area contributed by atoms with E-state index in [-0.39, 0.29) is 18.1 Å². The fourth-order valence-electron chi connectivity index (χ4n) is 8.82. The van der Waals surface area contributed by atoms with Crippen LogP contribution < -0.4 is 10.2 Å². The molecule has 1 N–H and O–H groups in total. The third kappa shape index (κ3) is 5.54. The average molecular weight is 723 g/mol. The van der Waals surface area contributed by atoms with Gasteiger partial charge >= 0.3 is 0 Å². The van der Waals surface area contributed by atoms with Crippen molar-refractivity contribution in [2.45, 2.75) is 31.0 Å². The number of amidine groups is 2. The summed E-state index contributed by atoms with van der Waals surface area (Å²) >= 11 is 0. The lowest BCUT2D eigenvalue weighted by Crippen LogP contribution is -2.33. The van der Waals surface area contributed by atoms with Gasteiger partial charge in [0.1, 0.15) is 23.2 Å². The molecule has 268 valence electrons. The van der Waals surface area contributed by atoms with Crippen LogP contribution in [0.3, 0.4) is 0 Å². The van der Waals surface area contributed by atoms with Gasteiger partial charge in [0, 0.05) is 45.3 Å².